The molecule has 2 rings (SSSR count). The van der Waals surface area contributed by atoms with Gasteiger partial charge in [-0.1, -0.05) is 64.3 Å². The third-order valence-corrected chi connectivity index (χ3v) is 8.52. The second-order valence-electron chi connectivity index (χ2n) is 12.3. The lowest BCUT2D eigenvalue weighted by Gasteiger charge is -2.53. The predicted octanol–water partition coefficient (Wildman–Crippen LogP) is 7.86. The number of carbonyl (C=O) groups excluding carboxylic acids is 2. The average molecular weight is 529 g/mol. The second kappa shape index (κ2) is 12.5. The molecule has 0 bridgehead atoms. The van der Waals surface area contributed by atoms with Crippen LogP contribution in [0.25, 0.3) is 0 Å². The number of Topliss-reactive ketones (excluding diaryl/α,β-unsaturated/α-hetero) is 1. The van der Waals surface area contributed by atoms with Gasteiger partial charge in [0.25, 0.3) is 0 Å². The number of aliphatic hydroxyl groups excluding tert-OH is 1. The molecule has 1 heterocycles. The van der Waals surface area contributed by atoms with Crippen LogP contribution in [0.15, 0.2) is 46.0 Å². The minimum absolute atomic E-state index is 0.0220. The molecular formula is C32H48O6. The molecule has 4 unspecified atom stereocenters. The van der Waals surface area contributed by atoms with Crippen molar-refractivity contribution < 1.29 is 29.3 Å². The maximum Gasteiger partial charge on any atom is 0.350 e. The van der Waals surface area contributed by atoms with Gasteiger partial charge in [-0.15, -0.1) is 0 Å². The summed E-state index contributed by atoms with van der Waals surface area (Å²) < 4.78 is 6.12. The van der Waals surface area contributed by atoms with Gasteiger partial charge in [-0.25, -0.2) is 4.79 Å². The minimum Gasteiger partial charge on any atom is -0.510 e. The molecule has 0 aromatic heterocycles. The van der Waals surface area contributed by atoms with Crippen molar-refractivity contribution in [2.45, 2.75) is 107 Å². The van der Waals surface area contributed by atoms with Gasteiger partial charge < -0.3 is 14.9 Å². The molecule has 0 aromatic carbocycles. The molecule has 6 nitrogen and oxygen atoms in total. The molecule has 2 aliphatic rings. The van der Waals surface area contributed by atoms with Gasteiger partial charge in [0.1, 0.15) is 17.1 Å². The molecule has 38 heavy (non-hydrogen) atoms. The molecule has 0 aromatic rings. The molecule has 0 radical (unpaired) electrons. The highest BCUT2D eigenvalue weighted by atomic mass is 16.5. The van der Waals surface area contributed by atoms with E-state index >= 15 is 0 Å². The maximum atomic E-state index is 13.4. The molecule has 0 saturated heterocycles. The number of aliphatic carboxylic acids is 1. The Bertz CT molecular complexity index is 1060. The van der Waals surface area contributed by atoms with Crippen LogP contribution in [0, 0.1) is 28.6 Å². The topological polar surface area (TPSA) is 101 Å². The van der Waals surface area contributed by atoms with Crippen LogP contribution in [-0.4, -0.2) is 27.9 Å². The summed E-state index contributed by atoms with van der Waals surface area (Å²) in [5.41, 5.74) is 1.14. The fraction of sp³-hybridized carbons (Fsp3) is 0.656. The standard InChI is InChI=1S/C32H48O6/c1-10-12-22(17-24(33)34)26-29-32(16-15-20(5)6,18-23(31(26,8)9)14-13-19(3)4)28(36)25(30(37)38-29)27(35)21(7)11-2/h13,15,21-23,36H,10-12,14,16-18H2,1-9H3,(H,33,34). The molecule has 2 N–H and O–H groups in total. The van der Waals surface area contributed by atoms with Gasteiger partial charge in [-0.05, 0) is 82.6 Å². The van der Waals surface area contributed by atoms with Gasteiger partial charge >= 0.3 is 11.9 Å². The van der Waals surface area contributed by atoms with Crippen LogP contribution >= 0.6 is 0 Å². The van der Waals surface area contributed by atoms with Crippen LogP contribution in [0.2, 0.25) is 0 Å². The highest BCUT2D eigenvalue weighted by molar-refractivity contribution is 6.19. The van der Waals surface area contributed by atoms with Gasteiger partial charge in [0, 0.05) is 5.92 Å². The van der Waals surface area contributed by atoms with E-state index in [1.54, 1.807) is 6.92 Å². The largest absolute Gasteiger partial charge is 0.510 e. The van der Waals surface area contributed by atoms with Gasteiger partial charge in [0.15, 0.2) is 5.78 Å². The summed E-state index contributed by atoms with van der Waals surface area (Å²) in [7, 11) is 0. The fourth-order valence-corrected chi connectivity index (χ4v) is 6.05. The van der Waals surface area contributed by atoms with Crippen LogP contribution in [-0.2, 0) is 19.1 Å². The molecule has 1 aliphatic heterocycles. The maximum absolute atomic E-state index is 13.4. The summed E-state index contributed by atoms with van der Waals surface area (Å²) in [5, 5.41) is 21.8. The highest BCUT2D eigenvalue weighted by Gasteiger charge is 2.58. The summed E-state index contributed by atoms with van der Waals surface area (Å²) in [6, 6.07) is 0. The van der Waals surface area contributed by atoms with Crippen molar-refractivity contribution >= 4 is 17.7 Å². The van der Waals surface area contributed by atoms with Crippen molar-refractivity contribution in [1.82, 2.24) is 0 Å². The average Bonchev–Trinajstić information content (AvgIpc) is 2.81. The normalized spacial score (nSPS) is 24.2. The Morgan fingerprint density at radius 3 is 2.21 bits per heavy atom. The van der Waals surface area contributed by atoms with Crippen molar-refractivity contribution in [3.05, 3.63) is 46.0 Å². The number of allylic oxidation sites excluding steroid dienone is 5. The minimum atomic E-state index is -1.11. The number of fused-ring (bicyclic) bond motifs is 1. The summed E-state index contributed by atoms with van der Waals surface area (Å²) in [6.07, 6.45) is 7.57. The smallest absolute Gasteiger partial charge is 0.350 e. The monoisotopic (exact) mass is 528 g/mol. The van der Waals surface area contributed by atoms with E-state index in [4.69, 9.17) is 4.74 Å². The van der Waals surface area contributed by atoms with Crippen LogP contribution in [0.3, 0.4) is 0 Å². The number of esters is 1. The first-order chi connectivity index (χ1) is 17.6. The van der Waals surface area contributed by atoms with E-state index in [9.17, 15) is 24.6 Å². The number of aliphatic hydroxyl groups is 1. The Balaban J connectivity index is 3.04. The summed E-state index contributed by atoms with van der Waals surface area (Å²) in [6.45, 7) is 17.9. The van der Waals surface area contributed by atoms with Gasteiger partial charge in [-0.3, -0.25) is 9.59 Å². The molecule has 0 amide bonds. The Hall–Kier alpha value is -2.63. The Kier molecular flexibility index (Phi) is 10.4. The number of ether oxygens (including phenoxy) is 1. The first-order valence-electron chi connectivity index (χ1n) is 14.1. The summed E-state index contributed by atoms with van der Waals surface area (Å²) in [4.78, 5) is 38.8. The molecule has 212 valence electrons. The molecule has 1 aliphatic carbocycles. The van der Waals surface area contributed by atoms with E-state index < -0.39 is 34.5 Å². The van der Waals surface area contributed by atoms with E-state index in [0.29, 0.717) is 31.4 Å². The van der Waals surface area contributed by atoms with Crippen LogP contribution in [0.4, 0.5) is 0 Å². The molecule has 0 saturated carbocycles. The number of rotatable bonds is 12. The lowest BCUT2D eigenvalue weighted by atomic mass is 9.53. The summed E-state index contributed by atoms with van der Waals surface area (Å²) >= 11 is 0. The number of hydrogen-bond donors (Lipinski definition) is 2. The number of hydrogen-bond acceptors (Lipinski definition) is 5. The van der Waals surface area contributed by atoms with Crippen molar-refractivity contribution in [3.8, 4) is 0 Å². The number of carboxylic acids is 1. The summed E-state index contributed by atoms with van der Waals surface area (Å²) in [5.74, 6) is -2.80. The predicted molar refractivity (Wildman–Crippen MR) is 150 cm³/mol. The number of ketones is 1. The van der Waals surface area contributed by atoms with Crippen molar-refractivity contribution in [1.29, 1.82) is 0 Å². The van der Waals surface area contributed by atoms with E-state index in [0.717, 1.165) is 24.0 Å². The van der Waals surface area contributed by atoms with Gasteiger partial charge in [-0.2, -0.15) is 0 Å². The Morgan fingerprint density at radius 2 is 1.71 bits per heavy atom. The van der Waals surface area contributed by atoms with E-state index in [1.165, 1.54) is 5.57 Å². The van der Waals surface area contributed by atoms with Crippen LogP contribution in [0.1, 0.15) is 107 Å². The second-order valence-corrected chi connectivity index (χ2v) is 12.3. The molecule has 0 fully saturated rings. The van der Waals surface area contributed by atoms with Crippen molar-refractivity contribution in [2.75, 3.05) is 0 Å². The van der Waals surface area contributed by atoms with E-state index in [1.807, 2.05) is 47.6 Å². The molecule has 4 atom stereocenters. The van der Waals surface area contributed by atoms with Gasteiger partial charge in [0.2, 0.25) is 0 Å². The third kappa shape index (κ3) is 6.32. The lowest BCUT2D eigenvalue weighted by molar-refractivity contribution is -0.143. The first-order valence-corrected chi connectivity index (χ1v) is 14.1. The van der Waals surface area contributed by atoms with E-state index in [2.05, 4.69) is 19.9 Å². The van der Waals surface area contributed by atoms with Crippen molar-refractivity contribution in [2.24, 2.45) is 28.6 Å². The third-order valence-electron chi connectivity index (χ3n) is 8.52. The number of carboxylic acid groups (broad SMARTS) is 1. The molecular weight excluding hydrogens is 480 g/mol. The SMILES string of the molecule is CCCC(CC(=O)O)C1=C2OC(=O)C(C(=O)C(C)CC)=C(O)C2(CC=C(C)C)CC(CC=C(C)C)C1(C)C. The Labute approximate surface area is 228 Å². The van der Waals surface area contributed by atoms with Crippen LogP contribution in [0.5, 0.6) is 0 Å². The molecule has 6 heteroatoms. The highest BCUT2D eigenvalue weighted by Crippen LogP contribution is 2.62. The first kappa shape index (κ1) is 31.6. The fourth-order valence-electron chi connectivity index (χ4n) is 6.05. The number of carbonyl (C=O) groups is 3. The zero-order chi connectivity index (χ0) is 29.0. The zero-order valence-electron chi connectivity index (χ0n) is 24.9. The van der Waals surface area contributed by atoms with Gasteiger partial charge in [0.05, 0.1) is 11.8 Å². The van der Waals surface area contributed by atoms with E-state index in [-0.39, 0.29) is 29.6 Å². The quantitative estimate of drug-likeness (QED) is 0.152. The van der Waals surface area contributed by atoms with Crippen molar-refractivity contribution in [3.63, 3.8) is 0 Å². The lowest BCUT2D eigenvalue weighted by Crippen LogP contribution is -2.48. The zero-order valence-corrected chi connectivity index (χ0v) is 24.9. The molecule has 0 spiro atoms. The Morgan fingerprint density at radius 1 is 1.11 bits per heavy atom. The van der Waals surface area contributed by atoms with Crippen LogP contribution < -0.4 is 0 Å².